The molecule has 3 atom stereocenters. The van der Waals surface area contributed by atoms with Crippen molar-refractivity contribution in [2.45, 2.75) is 56.8 Å². The molecule has 2 saturated carbocycles. The molecular weight excluding hydrogens is 323 g/mol. The van der Waals surface area contributed by atoms with Crippen molar-refractivity contribution in [3.05, 3.63) is 23.5 Å². The number of fused-ring (bicyclic) bond motifs is 1. The molecule has 2 fully saturated rings. The van der Waals surface area contributed by atoms with Crippen LogP contribution in [0.1, 0.15) is 38.5 Å². The first-order chi connectivity index (χ1) is 11.5. The van der Waals surface area contributed by atoms with Crippen molar-refractivity contribution in [2.75, 3.05) is 26.9 Å². The summed E-state index contributed by atoms with van der Waals surface area (Å²) in [5.41, 5.74) is 2.75. The van der Waals surface area contributed by atoms with Crippen LogP contribution in [0.2, 0.25) is 0 Å². The summed E-state index contributed by atoms with van der Waals surface area (Å²) >= 11 is 1.76. The molecule has 0 aromatic rings. The Morgan fingerprint density at radius 3 is 2.67 bits per heavy atom. The van der Waals surface area contributed by atoms with Gasteiger partial charge < -0.3 is 10.1 Å². The van der Waals surface area contributed by atoms with E-state index < -0.39 is 6.17 Å². The molecule has 0 aromatic heterocycles. The number of alkyl halides is 1. The van der Waals surface area contributed by atoms with Crippen molar-refractivity contribution < 1.29 is 9.13 Å². The number of nitrogens with one attached hydrogen (secondary N) is 1. The Hall–Kier alpha value is -0.520. The zero-order valence-corrected chi connectivity index (χ0v) is 16.0. The number of hydrogen-bond acceptors (Lipinski definition) is 4. The van der Waals surface area contributed by atoms with E-state index in [2.05, 4.69) is 29.5 Å². The predicted molar refractivity (Wildman–Crippen MR) is 99.6 cm³/mol. The molecule has 136 valence electrons. The van der Waals surface area contributed by atoms with E-state index in [0.29, 0.717) is 30.7 Å². The van der Waals surface area contributed by atoms with Crippen LogP contribution in [0.3, 0.4) is 0 Å². The minimum atomic E-state index is -0.613. The van der Waals surface area contributed by atoms with Crippen molar-refractivity contribution in [1.29, 1.82) is 0 Å². The first-order valence-corrected chi connectivity index (χ1v) is 10.4. The average molecular weight is 355 g/mol. The van der Waals surface area contributed by atoms with Gasteiger partial charge in [-0.15, -0.1) is 0 Å². The molecule has 0 spiro atoms. The summed E-state index contributed by atoms with van der Waals surface area (Å²) in [6.45, 7) is 5.24. The van der Waals surface area contributed by atoms with E-state index in [4.69, 9.17) is 4.74 Å². The third-order valence-corrected chi connectivity index (χ3v) is 6.85. The van der Waals surface area contributed by atoms with Gasteiger partial charge in [0.25, 0.3) is 0 Å². The van der Waals surface area contributed by atoms with E-state index in [1.165, 1.54) is 16.9 Å². The average Bonchev–Trinajstić information content (AvgIpc) is 2.92. The largest absolute Gasteiger partial charge is 0.494 e. The maximum Gasteiger partial charge on any atom is 0.107 e. The van der Waals surface area contributed by atoms with E-state index in [-0.39, 0.29) is 6.10 Å². The molecule has 0 radical (unpaired) electrons. The van der Waals surface area contributed by atoms with Crippen molar-refractivity contribution >= 4 is 11.9 Å². The van der Waals surface area contributed by atoms with Crippen molar-refractivity contribution in [1.82, 2.24) is 9.62 Å². The second kappa shape index (κ2) is 7.79. The minimum Gasteiger partial charge on any atom is -0.494 e. The van der Waals surface area contributed by atoms with Crippen LogP contribution in [0.4, 0.5) is 4.39 Å². The van der Waals surface area contributed by atoms with Crippen LogP contribution in [0.15, 0.2) is 23.5 Å². The summed E-state index contributed by atoms with van der Waals surface area (Å²) in [5, 5.41) is 3.32. The van der Waals surface area contributed by atoms with E-state index in [1.807, 2.05) is 7.05 Å². The van der Waals surface area contributed by atoms with E-state index in [0.717, 1.165) is 32.2 Å². The van der Waals surface area contributed by atoms with Crippen LogP contribution >= 0.6 is 11.9 Å². The lowest BCUT2D eigenvalue weighted by molar-refractivity contribution is 0.0533. The van der Waals surface area contributed by atoms with Gasteiger partial charge in [0, 0.05) is 30.8 Å². The SMILES string of the molecule is C=C1CC2C(CNC)=C(C3CCC(F)CC3)OC2CC1N(C)SC. The molecule has 3 nitrogen and oxygen atoms in total. The van der Waals surface area contributed by atoms with Gasteiger partial charge in [0.1, 0.15) is 18.0 Å². The van der Waals surface area contributed by atoms with Crippen LogP contribution in [-0.2, 0) is 4.74 Å². The Labute approximate surface area is 150 Å². The van der Waals surface area contributed by atoms with Crippen LogP contribution in [0.5, 0.6) is 0 Å². The van der Waals surface area contributed by atoms with Gasteiger partial charge in [0.05, 0.1) is 0 Å². The molecule has 3 unspecified atom stereocenters. The highest BCUT2D eigenvalue weighted by Gasteiger charge is 2.45. The second-order valence-corrected chi connectivity index (χ2v) is 8.42. The quantitative estimate of drug-likeness (QED) is 0.597. The van der Waals surface area contributed by atoms with Gasteiger partial charge in [-0.05, 0) is 58.0 Å². The molecule has 5 heteroatoms. The van der Waals surface area contributed by atoms with Crippen LogP contribution < -0.4 is 5.32 Å². The van der Waals surface area contributed by atoms with Crippen LogP contribution in [-0.4, -0.2) is 49.5 Å². The van der Waals surface area contributed by atoms with E-state index in [9.17, 15) is 4.39 Å². The zero-order valence-electron chi connectivity index (χ0n) is 15.2. The van der Waals surface area contributed by atoms with Gasteiger partial charge >= 0.3 is 0 Å². The van der Waals surface area contributed by atoms with Crippen molar-refractivity contribution in [2.24, 2.45) is 11.8 Å². The number of allylic oxidation sites excluding steroid dienone is 1. The minimum absolute atomic E-state index is 0.261. The van der Waals surface area contributed by atoms with Gasteiger partial charge in [-0.2, -0.15) is 0 Å². The smallest absolute Gasteiger partial charge is 0.107 e. The Kier molecular flexibility index (Phi) is 5.94. The lowest BCUT2D eigenvalue weighted by atomic mass is 9.76. The number of hydrogen-bond donors (Lipinski definition) is 1. The summed E-state index contributed by atoms with van der Waals surface area (Å²) < 4.78 is 22.3. The van der Waals surface area contributed by atoms with Gasteiger partial charge in [0.2, 0.25) is 0 Å². The summed E-state index contributed by atoms with van der Waals surface area (Å²) in [6.07, 6.45) is 7.01. The summed E-state index contributed by atoms with van der Waals surface area (Å²) in [5.74, 6) is 2.05. The number of halogens is 1. The molecule has 3 aliphatic rings. The topological polar surface area (TPSA) is 24.5 Å². The Morgan fingerprint density at radius 2 is 2.04 bits per heavy atom. The zero-order chi connectivity index (χ0) is 17.3. The molecule has 1 N–H and O–H groups in total. The Morgan fingerprint density at radius 1 is 1.33 bits per heavy atom. The fourth-order valence-electron chi connectivity index (χ4n) is 4.62. The third-order valence-electron chi connectivity index (χ3n) is 6.02. The Bertz CT molecular complexity index is 502. The van der Waals surface area contributed by atoms with Crippen molar-refractivity contribution in [3.8, 4) is 0 Å². The highest BCUT2D eigenvalue weighted by molar-refractivity contribution is 7.96. The highest BCUT2D eigenvalue weighted by Crippen LogP contribution is 2.47. The Balaban J connectivity index is 1.78. The molecule has 2 aliphatic carbocycles. The summed E-state index contributed by atoms with van der Waals surface area (Å²) in [4.78, 5) is 0. The fraction of sp³-hybridized carbons (Fsp3) is 0.789. The summed E-state index contributed by atoms with van der Waals surface area (Å²) in [6, 6.07) is 0.387. The highest BCUT2D eigenvalue weighted by atomic mass is 32.2. The first-order valence-electron chi connectivity index (χ1n) is 9.18. The maximum absolute atomic E-state index is 13.5. The number of likely N-dealkylation sites (N-methyl/N-ethyl adjacent to an activating group) is 2. The number of rotatable bonds is 5. The van der Waals surface area contributed by atoms with Crippen LogP contribution in [0, 0.1) is 11.8 Å². The molecule has 0 bridgehead atoms. The van der Waals surface area contributed by atoms with Gasteiger partial charge in [-0.1, -0.05) is 24.1 Å². The predicted octanol–water partition coefficient (Wildman–Crippen LogP) is 3.93. The van der Waals surface area contributed by atoms with Gasteiger partial charge in [0.15, 0.2) is 0 Å². The molecule has 24 heavy (non-hydrogen) atoms. The molecule has 3 rings (SSSR count). The van der Waals surface area contributed by atoms with Crippen LogP contribution in [0.25, 0.3) is 0 Å². The lowest BCUT2D eigenvalue weighted by Gasteiger charge is -2.38. The monoisotopic (exact) mass is 354 g/mol. The molecule has 0 saturated heterocycles. The third kappa shape index (κ3) is 3.54. The number of nitrogens with zero attached hydrogens (tertiary/aromatic N) is 1. The first kappa shape index (κ1) is 18.3. The standard InChI is InChI=1S/C19H31FN2OS/c1-12-9-15-16(11-21-2)19(13-5-7-14(20)8-6-13)23-18(15)10-17(12)22(3)24-4/h13-15,17-18,21H,1,5-11H2,2-4H3. The molecule has 0 aromatic carbocycles. The molecule has 1 aliphatic heterocycles. The maximum atomic E-state index is 13.5. The second-order valence-electron chi connectivity index (χ2n) is 7.47. The molecule has 1 heterocycles. The van der Waals surface area contributed by atoms with E-state index in [1.54, 1.807) is 11.9 Å². The van der Waals surface area contributed by atoms with Gasteiger partial charge in [-0.3, -0.25) is 0 Å². The number of ether oxygens (including phenoxy) is 1. The normalized spacial score (nSPS) is 36.9. The van der Waals surface area contributed by atoms with E-state index >= 15 is 0 Å². The van der Waals surface area contributed by atoms with Gasteiger partial charge in [-0.25, -0.2) is 8.70 Å². The molecular formula is C19H31FN2OS. The van der Waals surface area contributed by atoms with Crippen molar-refractivity contribution in [3.63, 3.8) is 0 Å². The summed E-state index contributed by atoms with van der Waals surface area (Å²) in [7, 11) is 4.14. The fourth-order valence-corrected chi connectivity index (χ4v) is 5.10. The molecule has 0 amide bonds. The lowest BCUT2D eigenvalue weighted by Crippen LogP contribution is -2.40.